The van der Waals surface area contributed by atoms with E-state index >= 15 is 0 Å². The van der Waals surface area contributed by atoms with Crippen molar-refractivity contribution in [3.05, 3.63) is 54.1 Å². The molecule has 1 aromatic carbocycles. The van der Waals surface area contributed by atoms with Gasteiger partial charge in [0.1, 0.15) is 0 Å². The number of hydrogen-bond acceptors (Lipinski definition) is 2. The van der Waals surface area contributed by atoms with Crippen molar-refractivity contribution < 1.29 is 9.53 Å². The van der Waals surface area contributed by atoms with Crippen molar-refractivity contribution in [1.29, 1.82) is 0 Å². The zero-order valence-corrected chi connectivity index (χ0v) is 14.4. The van der Waals surface area contributed by atoms with Gasteiger partial charge in [-0.05, 0) is 25.3 Å². The van der Waals surface area contributed by atoms with Crippen LogP contribution < -0.4 is 0 Å². The first-order chi connectivity index (χ1) is 10.5. The number of hydrogen-bond donors (Lipinski definition) is 0. The fourth-order valence-corrected chi connectivity index (χ4v) is 1.64. The maximum absolute atomic E-state index is 11.1. The third kappa shape index (κ3) is 9.98. The lowest BCUT2D eigenvalue weighted by Gasteiger charge is -2.04. The molecule has 0 amide bonds. The highest BCUT2D eigenvalue weighted by molar-refractivity contribution is 5.87. The lowest BCUT2D eigenvalue weighted by Crippen LogP contribution is -2.07. The molecule has 0 bridgehead atoms. The van der Waals surface area contributed by atoms with Gasteiger partial charge in [0, 0.05) is 5.57 Å². The summed E-state index contributed by atoms with van der Waals surface area (Å²) >= 11 is 0. The fraction of sp³-hybridized carbons (Fsp3) is 0.450. The number of carbonyl (C=O) groups is 1. The van der Waals surface area contributed by atoms with E-state index in [1.807, 2.05) is 13.0 Å². The van der Waals surface area contributed by atoms with Gasteiger partial charge < -0.3 is 4.74 Å². The second-order valence-electron chi connectivity index (χ2n) is 5.27. The highest BCUT2D eigenvalue weighted by atomic mass is 16.5. The summed E-state index contributed by atoms with van der Waals surface area (Å²) in [5.74, 6) is -0.237. The van der Waals surface area contributed by atoms with Crippen LogP contribution in [0.3, 0.4) is 0 Å². The van der Waals surface area contributed by atoms with Gasteiger partial charge in [0.15, 0.2) is 0 Å². The van der Waals surface area contributed by atoms with Crippen molar-refractivity contribution in [3.63, 3.8) is 0 Å². The monoisotopic (exact) mass is 302 g/mol. The van der Waals surface area contributed by atoms with Crippen LogP contribution in [-0.4, -0.2) is 12.6 Å². The zero-order valence-electron chi connectivity index (χ0n) is 14.4. The highest BCUT2D eigenvalue weighted by Crippen LogP contribution is 2.03. The standard InChI is InChI=1S/C11H20O2.C9H10/c1-4-6-7-8-9-13-11(12)10(3)5-2;1-3-9-6-4-8(2)5-7-9/h3-9H2,1-2H3;3-7H,1H2,2H3. The van der Waals surface area contributed by atoms with Crippen LogP contribution in [0.2, 0.25) is 0 Å². The minimum absolute atomic E-state index is 0.237. The summed E-state index contributed by atoms with van der Waals surface area (Å²) in [6, 6.07) is 8.28. The topological polar surface area (TPSA) is 26.3 Å². The van der Waals surface area contributed by atoms with E-state index < -0.39 is 0 Å². The minimum Gasteiger partial charge on any atom is -0.462 e. The lowest BCUT2D eigenvalue weighted by atomic mass is 10.2. The van der Waals surface area contributed by atoms with E-state index in [0.29, 0.717) is 18.6 Å². The molecule has 0 aliphatic rings. The summed E-state index contributed by atoms with van der Waals surface area (Å²) in [6.45, 7) is 14.0. The number of ether oxygens (including phenoxy) is 1. The molecule has 0 spiro atoms. The molecule has 0 aliphatic carbocycles. The minimum atomic E-state index is -0.237. The predicted molar refractivity (Wildman–Crippen MR) is 95.8 cm³/mol. The van der Waals surface area contributed by atoms with Gasteiger partial charge in [0.05, 0.1) is 6.61 Å². The van der Waals surface area contributed by atoms with Gasteiger partial charge in [-0.1, -0.05) is 82.2 Å². The number of benzene rings is 1. The van der Waals surface area contributed by atoms with E-state index in [0.717, 1.165) is 12.8 Å². The molecule has 0 aromatic heterocycles. The van der Waals surface area contributed by atoms with E-state index in [-0.39, 0.29) is 5.97 Å². The largest absolute Gasteiger partial charge is 0.462 e. The van der Waals surface area contributed by atoms with Crippen molar-refractivity contribution in [2.24, 2.45) is 0 Å². The van der Waals surface area contributed by atoms with E-state index in [9.17, 15) is 4.79 Å². The van der Waals surface area contributed by atoms with Crippen LogP contribution in [0.1, 0.15) is 57.1 Å². The summed E-state index contributed by atoms with van der Waals surface area (Å²) in [7, 11) is 0. The van der Waals surface area contributed by atoms with Crippen LogP contribution in [0, 0.1) is 6.92 Å². The van der Waals surface area contributed by atoms with Crippen LogP contribution in [0.5, 0.6) is 0 Å². The average Bonchev–Trinajstić information content (AvgIpc) is 2.55. The molecule has 22 heavy (non-hydrogen) atoms. The lowest BCUT2D eigenvalue weighted by molar-refractivity contribution is -0.139. The summed E-state index contributed by atoms with van der Waals surface area (Å²) in [5.41, 5.74) is 3.04. The van der Waals surface area contributed by atoms with Crippen molar-refractivity contribution in [2.45, 2.75) is 52.9 Å². The van der Waals surface area contributed by atoms with Crippen molar-refractivity contribution >= 4 is 12.0 Å². The molecule has 1 aromatic rings. The Bertz CT molecular complexity index is 443. The molecule has 0 aliphatic heterocycles. The molecule has 1 rings (SSSR count). The summed E-state index contributed by atoms with van der Waals surface area (Å²) in [4.78, 5) is 11.1. The molecular formula is C20H30O2. The Balaban J connectivity index is 0.000000425. The van der Waals surface area contributed by atoms with E-state index in [4.69, 9.17) is 4.74 Å². The number of unbranched alkanes of at least 4 members (excludes halogenated alkanes) is 3. The van der Waals surface area contributed by atoms with Crippen molar-refractivity contribution in [2.75, 3.05) is 6.61 Å². The van der Waals surface area contributed by atoms with Crippen molar-refractivity contribution in [3.8, 4) is 0 Å². The molecule has 0 unspecified atom stereocenters. The molecule has 0 saturated carbocycles. The fourth-order valence-electron chi connectivity index (χ4n) is 1.64. The quantitative estimate of drug-likeness (QED) is 0.349. The first-order valence-corrected chi connectivity index (χ1v) is 8.09. The molecule has 2 heteroatoms. The average molecular weight is 302 g/mol. The normalized spacial score (nSPS) is 9.41. The van der Waals surface area contributed by atoms with Crippen LogP contribution >= 0.6 is 0 Å². The first-order valence-electron chi connectivity index (χ1n) is 8.09. The van der Waals surface area contributed by atoms with E-state index in [1.165, 1.54) is 24.0 Å². The van der Waals surface area contributed by atoms with Gasteiger partial charge in [0.2, 0.25) is 0 Å². The Morgan fingerprint density at radius 2 is 1.77 bits per heavy atom. The molecular weight excluding hydrogens is 272 g/mol. The highest BCUT2D eigenvalue weighted by Gasteiger charge is 2.04. The maximum Gasteiger partial charge on any atom is 0.333 e. The summed E-state index contributed by atoms with van der Waals surface area (Å²) < 4.78 is 5.00. The number of carbonyl (C=O) groups excluding carboxylic acids is 1. The van der Waals surface area contributed by atoms with Crippen LogP contribution in [-0.2, 0) is 9.53 Å². The Morgan fingerprint density at radius 3 is 2.27 bits per heavy atom. The van der Waals surface area contributed by atoms with Gasteiger partial charge in [-0.15, -0.1) is 0 Å². The summed E-state index contributed by atoms with van der Waals surface area (Å²) in [6.07, 6.45) is 7.05. The van der Waals surface area contributed by atoms with Gasteiger partial charge in [-0.3, -0.25) is 0 Å². The molecule has 0 heterocycles. The molecule has 0 atom stereocenters. The molecule has 122 valence electrons. The molecule has 2 nitrogen and oxygen atoms in total. The molecule has 0 radical (unpaired) electrons. The molecule has 0 fully saturated rings. The third-order valence-corrected chi connectivity index (χ3v) is 3.26. The number of esters is 1. The van der Waals surface area contributed by atoms with Crippen molar-refractivity contribution in [1.82, 2.24) is 0 Å². The Kier molecular flexibility index (Phi) is 11.8. The number of aryl methyl sites for hydroxylation is 1. The van der Waals surface area contributed by atoms with Crippen LogP contribution in [0.15, 0.2) is 43.0 Å². The van der Waals surface area contributed by atoms with E-state index in [1.54, 1.807) is 0 Å². The van der Waals surface area contributed by atoms with Crippen LogP contribution in [0.25, 0.3) is 6.08 Å². The predicted octanol–water partition coefficient (Wildman–Crippen LogP) is 5.71. The summed E-state index contributed by atoms with van der Waals surface area (Å²) in [5, 5.41) is 0. The Morgan fingerprint density at radius 1 is 1.14 bits per heavy atom. The second kappa shape index (κ2) is 12.9. The third-order valence-electron chi connectivity index (χ3n) is 3.26. The smallest absolute Gasteiger partial charge is 0.333 e. The molecule has 0 saturated heterocycles. The Hall–Kier alpha value is -1.83. The first kappa shape index (κ1) is 20.2. The maximum atomic E-state index is 11.1. The van der Waals surface area contributed by atoms with Gasteiger partial charge in [-0.2, -0.15) is 0 Å². The zero-order chi connectivity index (χ0) is 16.8. The van der Waals surface area contributed by atoms with E-state index in [2.05, 4.69) is 51.3 Å². The Labute approximate surface area is 135 Å². The van der Waals surface area contributed by atoms with Gasteiger partial charge >= 0.3 is 5.97 Å². The SMILES string of the molecule is C=C(CC)C(=O)OCCCCCC.C=Cc1ccc(C)cc1. The number of rotatable bonds is 8. The molecule has 0 N–H and O–H groups in total. The van der Waals surface area contributed by atoms with Gasteiger partial charge in [-0.25, -0.2) is 4.79 Å². The van der Waals surface area contributed by atoms with Gasteiger partial charge in [0.25, 0.3) is 0 Å². The second-order valence-corrected chi connectivity index (χ2v) is 5.27. The van der Waals surface area contributed by atoms with Crippen LogP contribution in [0.4, 0.5) is 0 Å².